The summed E-state index contributed by atoms with van der Waals surface area (Å²) < 4.78 is 0. The van der Waals surface area contributed by atoms with E-state index in [9.17, 15) is 5.11 Å². The Kier molecular flexibility index (Phi) is 4.05. The van der Waals surface area contributed by atoms with Crippen molar-refractivity contribution in [3.63, 3.8) is 0 Å². The molecule has 0 aromatic heterocycles. The molecule has 78 valence electrons. The lowest BCUT2D eigenvalue weighted by Crippen LogP contribution is -2.10. The predicted molar refractivity (Wildman–Crippen MR) is 60.0 cm³/mol. The molecule has 0 bridgehead atoms. The van der Waals surface area contributed by atoms with Gasteiger partial charge in [-0.2, -0.15) is 0 Å². The van der Waals surface area contributed by atoms with Gasteiger partial charge in [0.25, 0.3) is 0 Å². The van der Waals surface area contributed by atoms with Crippen molar-refractivity contribution >= 4 is 23.2 Å². The second-order valence-electron chi connectivity index (χ2n) is 3.20. The molecule has 2 nitrogen and oxygen atoms in total. The number of aromatic hydroxyl groups is 1. The van der Waals surface area contributed by atoms with Gasteiger partial charge < -0.3 is 10.8 Å². The molecular formula is C10H13Cl2NO. The SMILES string of the molecule is CCCC(N)c1ccc(O)c(Cl)c1Cl. The lowest BCUT2D eigenvalue weighted by atomic mass is 10.0. The van der Waals surface area contributed by atoms with Crippen LogP contribution in [0.1, 0.15) is 31.4 Å². The molecule has 0 aliphatic rings. The molecule has 1 rings (SSSR count). The molecule has 0 saturated carbocycles. The molecule has 0 radical (unpaired) electrons. The van der Waals surface area contributed by atoms with Crippen molar-refractivity contribution in [3.05, 3.63) is 27.7 Å². The van der Waals surface area contributed by atoms with E-state index in [1.54, 1.807) is 6.07 Å². The molecule has 0 aliphatic carbocycles. The van der Waals surface area contributed by atoms with E-state index in [-0.39, 0.29) is 16.8 Å². The Labute approximate surface area is 93.6 Å². The second kappa shape index (κ2) is 4.87. The highest BCUT2D eigenvalue weighted by molar-refractivity contribution is 6.43. The summed E-state index contributed by atoms with van der Waals surface area (Å²) in [7, 11) is 0. The predicted octanol–water partition coefficient (Wildman–Crippen LogP) is 3.50. The van der Waals surface area contributed by atoms with Crippen LogP contribution in [0, 0.1) is 0 Å². The van der Waals surface area contributed by atoms with Crippen LogP contribution in [0.2, 0.25) is 10.0 Å². The smallest absolute Gasteiger partial charge is 0.135 e. The number of hydrogen-bond donors (Lipinski definition) is 2. The van der Waals surface area contributed by atoms with E-state index in [0.717, 1.165) is 18.4 Å². The highest BCUT2D eigenvalue weighted by Gasteiger charge is 2.14. The van der Waals surface area contributed by atoms with Crippen molar-refractivity contribution in [2.24, 2.45) is 5.73 Å². The molecule has 3 N–H and O–H groups in total. The standard InChI is InChI=1S/C10H13Cl2NO/c1-2-3-7(13)6-4-5-8(14)10(12)9(6)11/h4-5,7,14H,2-3,13H2,1H3. The summed E-state index contributed by atoms with van der Waals surface area (Å²) in [5.41, 5.74) is 6.69. The normalized spacial score (nSPS) is 12.9. The molecule has 0 heterocycles. The maximum Gasteiger partial charge on any atom is 0.135 e. The van der Waals surface area contributed by atoms with Crippen molar-refractivity contribution in [2.45, 2.75) is 25.8 Å². The van der Waals surface area contributed by atoms with Gasteiger partial charge in [0.05, 0.1) is 5.02 Å². The molecule has 14 heavy (non-hydrogen) atoms. The largest absolute Gasteiger partial charge is 0.506 e. The summed E-state index contributed by atoms with van der Waals surface area (Å²) in [6.07, 6.45) is 1.83. The first-order chi connectivity index (χ1) is 6.57. The number of benzene rings is 1. The zero-order chi connectivity index (χ0) is 10.7. The first-order valence-corrected chi connectivity index (χ1v) is 5.26. The molecule has 1 aromatic rings. The fourth-order valence-corrected chi connectivity index (χ4v) is 1.78. The van der Waals surface area contributed by atoms with E-state index in [1.807, 2.05) is 0 Å². The van der Waals surface area contributed by atoms with Crippen LogP contribution in [0.5, 0.6) is 5.75 Å². The monoisotopic (exact) mass is 233 g/mol. The number of phenols is 1. The Bertz CT molecular complexity index is 328. The highest BCUT2D eigenvalue weighted by Crippen LogP contribution is 2.36. The first-order valence-electron chi connectivity index (χ1n) is 4.50. The maximum absolute atomic E-state index is 9.28. The zero-order valence-corrected chi connectivity index (χ0v) is 9.44. The molecule has 1 atom stereocenters. The summed E-state index contributed by atoms with van der Waals surface area (Å²) in [6.45, 7) is 2.05. The van der Waals surface area contributed by atoms with Crippen LogP contribution in [0.15, 0.2) is 12.1 Å². The summed E-state index contributed by atoms with van der Waals surface area (Å²) in [5, 5.41) is 9.81. The molecular weight excluding hydrogens is 221 g/mol. The van der Waals surface area contributed by atoms with Gasteiger partial charge in [-0.05, 0) is 18.1 Å². The number of phenolic OH excluding ortho intramolecular Hbond substituents is 1. The summed E-state index contributed by atoms with van der Waals surface area (Å²) in [6, 6.07) is 3.11. The van der Waals surface area contributed by atoms with Gasteiger partial charge in [0.2, 0.25) is 0 Å². The lowest BCUT2D eigenvalue weighted by Gasteiger charge is -2.13. The van der Waals surface area contributed by atoms with Crippen LogP contribution in [0.4, 0.5) is 0 Å². The van der Waals surface area contributed by atoms with Crippen molar-refractivity contribution in [3.8, 4) is 5.75 Å². The Morgan fingerprint density at radius 1 is 1.36 bits per heavy atom. The van der Waals surface area contributed by atoms with Gasteiger partial charge in [-0.3, -0.25) is 0 Å². The minimum Gasteiger partial charge on any atom is -0.506 e. The second-order valence-corrected chi connectivity index (χ2v) is 3.95. The molecule has 4 heteroatoms. The van der Waals surface area contributed by atoms with E-state index < -0.39 is 0 Å². The fraction of sp³-hybridized carbons (Fsp3) is 0.400. The number of halogens is 2. The van der Waals surface area contributed by atoms with Gasteiger partial charge in [0.1, 0.15) is 10.8 Å². The number of rotatable bonds is 3. The van der Waals surface area contributed by atoms with Crippen LogP contribution < -0.4 is 5.73 Å². The third-order valence-corrected chi connectivity index (χ3v) is 2.98. The zero-order valence-electron chi connectivity index (χ0n) is 7.93. The molecule has 0 spiro atoms. The Morgan fingerprint density at radius 2 is 2.00 bits per heavy atom. The highest BCUT2D eigenvalue weighted by atomic mass is 35.5. The average molecular weight is 234 g/mol. The van der Waals surface area contributed by atoms with Crippen LogP contribution in [-0.4, -0.2) is 5.11 Å². The molecule has 0 fully saturated rings. The lowest BCUT2D eigenvalue weighted by molar-refractivity contribution is 0.475. The molecule has 0 aliphatic heterocycles. The van der Waals surface area contributed by atoms with Crippen molar-refractivity contribution in [1.82, 2.24) is 0 Å². The Balaban J connectivity index is 3.04. The van der Waals surface area contributed by atoms with Gasteiger partial charge in [-0.25, -0.2) is 0 Å². The minimum absolute atomic E-state index is 0.0101. The molecule has 1 unspecified atom stereocenters. The van der Waals surface area contributed by atoms with E-state index >= 15 is 0 Å². The number of nitrogens with two attached hydrogens (primary N) is 1. The minimum atomic E-state index is -0.120. The third kappa shape index (κ3) is 2.32. The van der Waals surface area contributed by atoms with Crippen LogP contribution >= 0.6 is 23.2 Å². The average Bonchev–Trinajstić information content (AvgIpc) is 2.15. The topological polar surface area (TPSA) is 46.2 Å². The summed E-state index contributed by atoms with van der Waals surface area (Å²) in [4.78, 5) is 0. The van der Waals surface area contributed by atoms with E-state index in [1.165, 1.54) is 6.07 Å². The maximum atomic E-state index is 9.28. The van der Waals surface area contributed by atoms with E-state index in [4.69, 9.17) is 28.9 Å². The Morgan fingerprint density at radius 3 is 2.57 bits per heavy atom. The van der Waals surface area contributed by atoms with Crippen LogP contribution in [-0.2, 0) is 0 Å². The van der Waals surface area contributed by atoms with Gasteiger partial charge in [-0.1, -0.05) is 42.6 Å². The molecule has 1 aromatic carbocycles. The number of hydrogen-bond acceptors (Lipinski definition) is 2. The van der Waals surface area contributed by atoms with E-state index in [0.29, 0.717) is 5.02 Å². The van der Waals surface area contributed by atoms with Crippen LogP contribution in [0.3, 0.4) is 0 Å². The summed E-state index contributed by atoms with van der Waals surface area (Å²) >= 11 is 11.7. The van der Waals surface area contributed by atoms with Gasteiger partial charge in [0, 0.05) is 6.04 Å². The molecule has 0 amide bonds. The summed E-state index contributed by atoms with van der Waals surface area (Å²) in [5.74, 6) is -0.0101. The van der Waals surface area contributed by atoms with Crippen molar-refractivity contribution < 1.29 is 5.11 Å². The Hall–Kier alpha value is -0.440. The van der Waals surface area contributed by atoms with Crippen molar-refractivity contribution in [2.75, 3.05) is 0 Å². The van der Waals surface area contributed by atoms with E-state index in [2.05, 4.69) is 6.92 Å². The third-order valence-electron chi connectivity index (χ3n) is 2.09. The van der Waals surface area contributed by atoms with Crippen LogP contribution in [0.25, 0.3) is 0 Å². The first kappa shape index (κ1) is 11.6. The van der Waals surface area contributed by atoms with Gasteiger partial charge >= 0.3 is 0 Å². The van der Waals surface area contributed by atoms with Crippen molar-refractivity contribution in [1.29, 1.82) is 0 Å². The fourth-order valence-electron chi connectivity index (χ4n) is 1.31. The quantitative estimate of drug-likeness (QED) is 0.840. The molecule has 0 saturated heterocycles. The van der Waals surface area contributed by atoms with Gasteiger partial charge in [0.15, 0.2) is 0 Å². The van der Waals surface area contributed by atoms with Gasteiger partial charge in [-0.15, -0.1) is 0 Å².